The molecule has 0 bridgehead atoms. The molecule has 9 heteroatoms. The fourth-order valence-electron chi connectivity index (χ4n) is 2.29. The maximum Gasteiger partial charge on any atom is 0.326 e. The van der Waals surface area contributed by atoms with Crippen LogP contribution in [0.2, 0.25) is 4.34 Å². The van der Waals surface area contributed by atoms with Gasteiger partial charge in [-0.1, -0.05) is 23.7 Å². The molecule has 0 aliphatic heterocycles. The molecule has 6 nitrogen and oxygen atoms in total. The van der Waals surface area contributed by atoms with Gasteiger partial charge in [-0.2, -0.15) is 0 Å². The van der Waals surface area contributed by atoms with E-state index >= 15 is 0 Å². The number of hydrogen-bond acceptors (Lipinski definition) is 4. The maximum atomic E-state index is 12.1. The van der Waals surface area contributed by atoms with Gasteiger partial charge in [0.15, 0.2) is 0 Å². The van der Waals surface area contributed by atoms with E-state index in [1.807, 2.05) is 24.3 Å². The van der Waals surface area contributed by atoms with Crippen LogP contribution in [0.25, 0.3) is 11.0 Å². The van der Waals surface area contributed by atoms with Gasteiger partial charge in [0.1, 0.15) is 4.21 Å². The molecule has 0 aliphatic carbocycles. The van der Waals surface area contributed by atoms with Crippen molar-refractivity contribution in [2.75, 3.05) is 6.54 Å². The zero-order valence-electron chi connectivity index (χ0n) is 12.0. The molecule has 0 aliphatic rings. The molecule has 0 fully saturated rings. The van der Waals surface area contributed by atoms with E-state index in [1.54, 1.807) is 10.6 Å². The van der Waals surface area contributed by atoms with Gasteiger partial charge in [0, 0.05) is 13.1 Å². The highest BCUT2D eigenvalue weighted by atomic mass is 35.5. The zero-order chi connectivity index (χ0) is 16.4. The van der Waals surface area contributed by atoms with E-state index in [1.165, 1.54) is 6.07 Å². The highest BCUT2D eigenvalue weighted by Crippen LogP contribution is 2.25. The topological polar surface area (TPSA) is 84.0 Å². The summed E-state index contributed by atoms with van der Waals surface area (Å²) in [7, 11) is -3.54. The summed E-state index contributed by atoms with van der Waals surface area (Å²) in [6, 6.07) is 10.4. The number of para-hydroxylation sites is 2. The Bertz CT molecular complexity index is 988. The van der Waals surface area contributed by atoms with Crippen LogP contribution in [0.4, 0.5) is 0 Å². The molecule has 122 valence electrons. The van der Waals surface area contributed by atoms with Gasteiger partial charge < -0.3 is 4.98 Å². The van der Waals surface area contributed by atoms with Gasteiger partial charge >= 0.3 is 5.69 Å². The minimum atomic E-state index is -3.54. The van der Waals surface area contributed by atoms with Gasteiger partial charge in [0.25, 0.3) is 0 Å². The summed E-state index contributed by atoms with van der Waals surface area (Å²) in [5.74, 6) is 0. The van der Waals surface area contributed by atoms with Crippen molar-refractivity contribution in [3.05, 3.63) is 51.2 Å². The minimum Gasteiger partial charge on any atom is -0.306 e. The third kappa shape index (κ3) is 3.50. The predicted octanol–water partition coefficient (Wildman–Crippen LogP) is 2.41. The fraction of sp³-hybridized carbons (Fsp3) is 0.214. The Balaban J connectivity index is 1.63. The number of hydrogen-bond donors (Lipinski definition) is 2. The van der Waals surface area contributed by atoms with Crippen LogP contribution in [-0.4, -0.2) is 24.5 Å². The average Bonchev–Trinajstić information content (AvgIpc) is 3.08. The molecule has 0 unspecified atom stereocenters. The Morgan fingerprint density at radius 1 is 1.22 bits per heavy atom. The predicted molar refractivity (Wildman–Crippen MR) is 91.7 cm³/mol. The number of nitrogens with zero attached hydrogens (tertiary/aromatic N) is 1. The van der Waals surface area contributed by atoms with Crippen LogP contribution in [-0.2, 0) is 16.6 Å². The molecule has 0 atom stereocenters. The third-order valence-electron chi connectivity index (χ3n) is 3.35. The maximum absolute atomic E-state index is 12.1. The summed E-state index contributed by atoms with van der Waals surface area (Å²) in [5.41, 5.74) is 1.38. The minimum absolute atomic E-state index is 0.187. The molecule has 3 rings (SSSR count). The highest BCUT2D eigenvalue weighted by Gasteiger charge is 2.15. The van der Waals surface area contributed by atoms with Gasteiger partial charge in [-0.3, -0.25) is 4.57 Å². The van der Waals surface area contributed by atoms with Crippen molar-refractivity contribution in [3.8, 4) is 0 Å². The quantitative estimate of drug-likeness (QED) is 0.652. The molecule has 0 saturated carbocycles. The van der Waals surface area contributed by atoms with Crippen LogP contribution in [0.1, 0.15) is 6.42 Å². The highest BCUT2D eigenvalue weighted by molar-refractivity contribution is 7.91. The molecule has 1 aromatic carbocycles. The van der Waals surface area contributed by atoms with Crippen molar-refractivity contribution in [2.24, 2.45) is 0 Å². The Morgan fingerprint density at radius 2 is 2.00 bits per heavy atom. The van der Waals surface area contributed by atoms with E-state index in [9.17, 15) is 13.2 Å². The van der Waals surface area contributed by atoms with Crippen molar-refractivity contribution in [2.45, 2.75) is 17.2 Å². The standard InChI is InChI=1S/C14H14ClN3O3S2/c15-12-6-7-13(22-12)23(20,21)16-8-3-9-18-11-5-2-1-4-10(11)17-14(18)19/h1-2,4-7,16H,3,8-9H2,(H,17,19). The number of thiophene rings is 1. The van der Waals surface area contributed by atoms with Crippen LogP contribution < -0.4 is 10.4 Å². The van der Waals surface area contributed by atoms with E-state index in [2.05, 4.69) is 9.71 Å². The van der Waals surface area contributed by atoms with Crippen LogP contribution in [0.5, 0.6) is 0 Å². The molecule has 2 aromatic heterocycles. The number of H-pyrrole nitrogens is 1. The first-order chi connectivity index (χ1) is 11.0. The Hall–Kier alpha value is -1.61. The number of benzene rings is 1. The van der Waals surface area contributed by atoms with Gasteiger partial charge in [0.2, 0.25) is 10.0 Å². The lowest BCUT2D eigenvalue weighted by Crippen LogP contribution is -2.26. The normalized spacial score (nSPS) is 12.0. The second kappa shape index (κ2) is 6.48. The molecule has 3 aromatic rings. The van der Waals surface area contributed by atoms with Crippen LogP contribution >= 0.6 is 22.9 Å². The lowest BCUT2D eigenvalue weighted by Gasteiger charge is -2.06. The number of aryl methyl sites for hydroxylation is 1. The first-order valence-corrected chi connectivity index (χ1v) is 9.58. The van der Waals surface area contributed by atoms with E-state index in [0.29, 0.717) is 17.3 Å². The summed E-state index contributed by atoms with van der Waals surface area (Å²) >= 11 is 6.76. The lowest BCUT2D eigenvalue weighted by atomic mass is 10.3. The summed E-state index contributed by atoms with van der Waals surface area (Å²) < 4.78 is 28.8. The van der Waals surface area contributed by atoms with Crippen LogP contribution in [0.15, 0.2) is 45.4 Å². The zero-order valence-corrected chi connectivity index (χ0v) is 14.3. The van der Waals surface area contributed by atoms with E-state index < -0.39 is 10.0 Å². The Labute approximate surface area is 141 Å². The number of nitrogens with one attached hydrogen (secondary N) is 2. The summed E-state index contributed by atoms with van der Waals surface area (Å²) in [4.78, 5) is 14.7. The number of halogens is 1. The fourth-order valence-corrected chi connectivity index (χ4v) is 4.89. The first kappa shape index (κ1) is 16.3. The third-order valence-corrected chi connectivity index (χ3v) is 6.53. The number of imidazole rings is 1. The van der Waals surface area contributed by atoms with Crippen LogP contribution in [0.3, 0.4) is 0 Å². The number of sulfonamides is 1. The Morgan fingerprint density at radius 3 is 2.74 bits per heavy atom. The summed E-state index contributed by atoms with van der Waals surface area (Å²) in [5, 5.41) is 0. The molecular formula is C14H14ClN3O3S2. The van der Waals surface area contributed by atoms with Gasteiger partial charge in [0.05, 0.1) is 15.4 Å². The van der Waals surface area contributed by atoms with E-state index in [-0.39, 0.29) is 16.4 Å². The van der Waals surface area contributed by atoms with Gasteiger partial charge in [-0.25, -0.2) is 17.9 Å². The molecule has 0 saturated heterocycles. The lowest BCUT2D eigenvalue weighted by molar-refractivity contribution is 0.571. The first-order valence-electron chi connectivity index (χ1n) is 6.90. The SMILES string of the molecule is O=c1[nH]c2ccccc2n1CCCNS(=O)(=O)c1ccc(Cl)s1. The average molecular weight is 372 g/mol. The number of aromatic nitrogens is 2. The van der Waals surface area contributed by atoms with Crippen LogP contribution in [0, 0.1) is 0 Å². The monoisotopic (exact) mass is 371 g/mol. The van der Waals surface area contributed by atoms with E-state index in [0.717, 1.165) is 22.4 Å². The summed E-state index contributed by atoms with van der Waals surface area (Å²) in [6.07, 6.45) is 0.500. The summed E-state index contributed by atoms with van der Waals surface area (Å²) in [6.45, 7) is 0.667. The van der Waals surface area contributed by atoms with Crippen molar-refractivity contribution < 1.29 is 8.42 Å². The second-order valence-electron chi connectivity index (χ2n) is 4.91. The largest absolute Gasteiger partial charge is 0.326 e. The molecule has 0 spiro atoms. The van der Waals surface area contributed by atoms with Crippen molar-refractivity contribution in [1.29, 1.82) is 0 Å². The molecule has 2 N–H and O–H groups in total. The number of rotatable bonds is 6. The molecule has 2 heterocycles. The second-order valence-corrected chi connectivity index (χ2v) is 8.62. The van der Waals surface area contributed by atoms with Crippen molar-refractivity contribution >= 4 is 44.0 Å². The molecule has 23 heavy (non-hydrogen) atoms. The van der Waals surface area contributed by atoms with Gasteiger partial charge in [-0.15, -0.1) is 11.3 Å². The molecule has 0 radical (unpaired) electrons. The van der Waals surface area contributed by atoms with E-state index in [4.69, 9.17) is 11.6 Å². The van der Waals surface area contributed by atoms with Crippen molar-refractivity contribution in [3.63, 3.8) is 0 Å². The molecule has 0 amide bonds. The number of fused-ring (bicyclic) bond motifs is 1. The number of aromatic amines is 1. The Kier molecular flexibility index (Phi) is 4.58. The van der Waals surface area contributed by atoms with Crippen molar-refractivity contribution in [1.82, 2.24) is 14.3 Å². The molecular weight excluding hydrogens is 358 g/mol. The van der Waals surface area contributed by atoms with Gasteiger partial charge in [-0.05, 0) is 30.7 Å². The smallest absolute Gasteiger partial charge is 0.306 e.